The molecule has 0 saturated carbocycles. The fraction of sp³-hybridized carbons (Fsp3) is 0.571. The Morgan fingerprint density at radius 2 is 2.35 bits per heavy atom. The minimum atomic E-state index is -0.922. The van der Waals surface area contributed by atoms with Crippen molar-refractivity contribution in [2.45, 2.75) is 25.9 Å². The number of rotatable bonds is 6. The average molecular weight is 281 g/mol. The Morgan fingerprint density at radius 1 is 1.55 bits per heavy atom. The van der Waals surface area contributed by atoms with Crippen LogP contribution in [0.3, 0.4) is 0 Å². The fourth-order valence-electron chi connectivity index (χ4n) is 2.24. The first-order valence-corrected chi connectivity index (χ1v) is 6.75. The first-order valence-electron chi connectivity index (χ1n) is 6.75. The molecule has 2 unspecified atom stereocenters. The van der Waals surface area contributed by atoms with Crippen LogP contribution in [0.4, 0.5) is 0 Å². The van der Waals surface area contributed by atoms with Crippen molar-refractivity contribution in [1.82, 2.24) is 4.90 Å². The third-order valence-electron chi connectivity index (χ3n) is 3.38. The van der Waals surface area contributed by atoms with Gasteiger partial charge in [-0.15, -0.1) is 0 Å². The SMILES string of the molecule is CC(CN(CC1CCCO1)C(=O)c1ccco1)C(=O)O. The van der Waals surface area contributed by atoms with Crippen LogP contribution in [0.25, 0.3) is 0 Å². The molecular weight excluding hydrogens is 262 g/mol. The highest BCUT2D eigenvalue weighted by molar-refractivity contribution is 5.91. The molecule has 1 aliphatic rings. The zero-order valence-corrected chi connectivity index (χ0v) is 11.4. The maximum absolute atomic E-state index is 12.3. The molecule has 0 aliphatic carbocycles. The molecule has 2 rings (SSSR count). The van der Waals surface area contributed by atoms with Crippen LogP contribution in [-0.4, -0.2) is 47.7 Å². The van der Waals surface area contributed by atoms with E-state index in [2.05, 4.69) is 0 Å². The van der Waals surface area contributed by atoms with E-state index in [0.29, 0.717) is 13.2 Å². The summed E-state index contributed by atoms with van der Waals surface area (Å²) in [6.45, 7) is 2.83. The second-order valence-electron chi connectivity index (χ2n) is 5.06. The molecule has 110 valence electrons. The van der Waals surface area contributed by atoms with Crippen LogP contribution < -0.4 is 0 Å². The summed E-state index contributed by atoms with van der Waals surface area (Å²) in [4.78, 5) is 24.8. The number of furan rings is 1. The van der Waals surface area contributed by atoms with Gasteiger partial charge in [-0.25, -0.2) is 0 Å². The zero-order valence-electron chi connectivity index (χ0n) is 11.4. The Balaban J connectivity index is 2.06. The summed E-state index contributed by atoms with van der Waals surface area (Å²) >= 11 is 0. The van der Waals surface area contributed by atoms with Gasteiger partial charge in [0.15, 0.2) is 5.76 Å². The van der Waals surface area contributed by atoms with Gasteiger partial charge < -0.3 is 19.2 Å². The molecule has 0 bridgehead atoms. The monoisotopic (exact) mass is 281 g/mol. The van der Waals surface area contributed by atoms with Crippen LogP contribution in [0.5, 0.6) is 0 Å². The number of nitrogens with zero attached hydrogens (tertiary/aromatic N) is 1. The van der Waals surface area contributed by atoms with Crippen molar-refractivity contribution < 1.29 is 23.8 Å². The molecule has 0 spiro atoms. The topological polar surface area (TPSA) is 80.0 Å². The highest BCUT2D eigenvalue weighted by atomic mass is 16.5. The van der Waals surface area contributed by atoms with Crippen molar-refractivity contribution in [3.05, 3.63) is 24.2 Å². The van der Waals surface area contributed by atoms with Crippen LogP contribution in [0.15, 0.2) is 22.8 Å². The van der Waals surface area contributed by atoms with E-state index in [0.717, 1.165) is 12.8 Å². The van der Waals surface area contributed by atoms with Crippen molar-refractivity contribution in [2.24, 2.45) is 5.92 Å². The molecule has 1 fully saturated rings. The average Bonchev–Trinajstić information content (AvgIpc) is 3.10. The number of carboxylic acid groups (broad SMARTS) is 1. The molecule has 2 atom stereocenters. The molecule has 1 aromatic heterocycles. The molecule has 0 aromatic carbocycles. The Kier molecular flexibility index (Phi) is 4.79. The van der Waals surface area contributed by atoms with Gasteiger partial charge in [0.05, 0.1) is 18.3 Å². The highest BCUT2D eigenvalue weighted by Gasteiger charge is 2.27. The lowest BCUT2D eigenvalue weighted by Gasteiger charge is -2.26. The van der Waals surface area contributed by atoms with Crippen LogP contribution >= 0.6 is 0 Å². The minimum Gasteiger partial charge on any atom is -0.481 e. The molecule has 1 saturated heterocycles. The normalized spacial score (nSPS) is 19.8. The van der Waals surface area contributed by atoms with E-state index in [-0.39, 0.29) is 24.3 Å². The summed E-state index contributed by atoms with van der Waals surface area (Å²) in [6.07, 6.45) is 3.28. The van der Waals surface area contributed by atoms with E-state index in [1.807, 2.05) is 0 Å². The molecule has 0 radical (unpaired) electrons. The van der Waals surface area contributed by atoms with E-state index in [1.165, 1.54) is 11.2 Å². The molecule has 20 heavy (non-hydrogen) atoms. The van der Waals surface area contributed by atoms with E-state index in [4.69, 9.17) is 14.3 Å². The number of aliphatic carboxylic acids is 1. The summed E-state index contributed by atoms with van der Waals surface area (Å²) in [5.41, 5.74) is 0. The molecule has 6 heteroatoms. The summed E-state index contributed by atoms with van der Waals surface area (Å²) in [6, 6.07) is 3.22. The molecule has 1 amide bonds. The Hall–Kier alpha value is -1.82. The Labute approximate surface area is 117 Å². The van der Waals surface area contributed by atoms with Crippen LogP contribution in [0.2, 0.25) is 0 Å². The highest BCUT2D eigenvalue weighted by Crippen LogP contribution is 2.16. The van der Waals surface area contributed by atoms with Gasteiger partial charge in [-0.05, 0) is 25.0 Å². The zero-order chi connectivity index (χ0) is 14.5. The largest absolute Gasteiger partial charge is 0.481 e. The lowest BCUT2D eigenvalue weighted by Crippen LogP contribution is -2.41. The molecule has 2 heterocycles. The second kappa shape index (κ2) is 6.56. The van der Waals surface area contributed by atoms with Gasteiger partial charge in [0.1, 0.15) is 0 Å². The standard InChI is InChI=1S/C14H19NO5/c1-10(14(17)18)8-15(9-11-4-2-6-19-11)13(16)12-5-3-7-20-12/h3,5,7,10-11H,2,4,6,8-9H2,1H3,(H,17,18). The van der Waals surface area contributed by atoms with Crippen molar-refractivity contribution in [2.75, 3.05) is 19.7 Å². The van der Waals surface area contributed by atoms with Gasteiger partial charge in [-0.1, -0.05) is 6.92 Å². The van der Waals surface area contributed by atoms with Gasteiger partial charge in [-0.3, -0.25) is 9.59 Å². The lowest BCUT2D eigenvalue weighted by molar-refractivity contribution is -0.141. The first-order chi connectivity index (χ1) is 9.58. The summed E-state index contributed by atoms with van der Waals surface area (Å²) < 4.78 is 10.6. The van der Waals surface area contributed by atoms with Crippen molar-refractivity contribution in [3.63, 3.8) is 0 Å². The van der Waals surface area contributed by atoms with Crippen LogP contribution in [0.1, 0.15) is 30.3 Å². The van der Waals surface area contributed by atoms with E-state index >= 15 is 0 Å². The van der Waals surface area contributed by atoms with Gasteiger partial charge in [0.2, 0.25) is 0 Å². The van der Waals surface area contributed by atoms with Gasteiger partial charge in [0, 0.05) is 19.7 Å². The molecule has 1 N–H and O–H groups in total. The van der Waals surface area contributed by atoms with Crippen LogP contribution in [-0.2, 0) is 9.53 Å². The van der Waals surface area contributed by atoms with E-state index in [1.54, 1.807) is 19.1 Å². The van der Waals surface area contributed by atoms with Crippen molar-refractivity contribution in [1.29, 1.82) is 0 Å². The number of hydrogen-bond donors (Lipinski definition) is 1. The van der Waals surface area contributed by atoms with E-state index < -0.39 is 11.9 Å². The molecule has 1 aromatic rings. The third-order valence-corrected chi connectivity index (χ3v) is 3.38. The minimum absolute atomic E-state index is 0.0186. The number of carbonyl (C=O) groups is 2. The third kappa shape index (κ3) is 3.60. The number of carboxylic acids is 1. The predicted molar refractivity (Wildman–Crippen MR) is 70.4 cm³/mol. The number of carbonyl (C=O) groups excluding carboxylic acids is 1. The maximum atomic E-state index is 12.3. The van der Waals surface area contributed by atoms with Gasteiger partial charge in [-0.2, -0.15) is 0 Å². The fourth-order valence-corrected chi connectivity index (χ4v) is 2.24. The smallest absolute Gasteiger partial charge is 0.308 e. The maximum Gasteiger partial charge on any atom is 0.308 e. The number of ether oxygens (including phenoxy) is 1. The summed E-state index contributed by atoms with van der Waals surface area (Å²) in [5.74, 6) is -1.62. The van der Waals surface area contributed by atoms with Crippen molar-refractivity contribution in [3.8, 4) is 0 Å². The van der Waals surface area contributed by atoms with Gasteiger partial charge in [0.25, 0.3) is 5.91 Å². The number of hydrogen-bond acceptors (Lipinski definition) is 4. The Morgan fingerprint density at radius 3 is 2.90 bits per heavy atom. The molecular formula is C14H19NO5. The molecule has 6 nitrogen and oxygen atoms in total. The summed E-state index contributed by atoms with van der Waals surface area (Å²) in [7, 11) is 0. The van der Waals surface area contributed by atoms with Crippen molar-refractivity contribution >= 4 is 11.9 Å². The quantitative estimate of drug-likeness (QED) is 0.857. The van der Waals surface area contributed by atoms with E-state index in [9.17, 15) is 9.59 Å². The second-order valence-corrected chi connectivity index (χ2v) is 5.06. The Bertz CT molecular complexity index is 450. The lowest BCUT2D eigenvalue weighted by atomic mass is 10.1. The summed E-state index contributed by atoms with van der Waals surface area (Å²) in [5, 5.41) is 9.01. The predicted octanol–water partition coefficient (Wildman–Crippen LogP) is 1.62. The van der Waals surface area contributed by atoms with Crippen LogP contribution in [0, 0.1) is 5.92 Å². The molecule has 1 aliphatic heterocycles. The number of amides is 1. The first kappa shape index (κ1) is 14.6. The van der Waals surface area contributed by atoms with Gasteiger partial charge >= 0.3 is 5.97 Å².